The number of carbonyl (C=O) groups excluding carboxylic acids is 1. The smallest absolute Gasteiger partial charge is 0.253 e. The lowest BCUT2D eigenvalue weighted by atomic mass is 10.2. The number of hydrogen-bond acceptors (Lipinski definition) is 4. The number of amides is 1. The largest absolute Gasteiger partial charge is 0.351 e. The molecular weight excluding hydrogens is 387 g/mol. The van der Waals surface area contributed by atoms with Gasteiger partial charge in [0.1, 0.15) is 16.1 Å². The van der Waals surface area contributed by atoms with Crippen LogP contribution in [0.5, 0.6) is 0 Å². The number of hydrogen-bond donors (Lipinski definition) is 1. The van der Waals surface area contributed by atoms with Crippen molar-refractivity contribution in [3.05, 3.63) is 52.1 Å². The molecule has 0 unspecified atom stereocenters. The van der Waals surface area contributed by atoms with Crippen LogP contribution in [0.15, 0.2) is 40.6 Å². The molecule has 1 aromatic carbocycles. The molecule has 1 aliphatic rings. The van der Waals surface area contributed by atoms with E-state index in [0.717, 1.165) is 11.3 Å². The first-order valence-corrected chi connectivity index (χ1v) is 10.3. The quantitative estimate of drug-likeness (QED) is 0.836. The Bertz CT molecular complexity index is 885. The average molecular weight is 403 g/mol. The molecular formula is C16H16ClFN2O3S2. The van der Waals surface area contributed by atoms with Crippen LogP contribution in [0.25, 0.3) is 0 Å². The number of rotatable bonds is 5. The van der Waals surface area contributed by atoms with E-state index in [0.29, 0.717) is 22.7 Å². The van der Waals surface area contributed by atoms with E-state index in [1.807, 2.05) is 0 Å². The zero-order chi connectivity index (χ0) is 18.0. The van der Waals surface area contributed by atoms with Crippen LogP contribution < -0.4 is 5.32 Å². The van der Waals surface area contributed by atoms with E-state index in [9.17, 15) is 17.6 Å². The Morgan fingerprint density at radius 2 is 2.08 bits per heavy atom. The third-order valence-corrected chi connectivity index (χ3v) is 7.64. The van der Waals surface area contributed by atoms with Crippen molar-refractivity contribution in [2.45, 2.75) is 29.6 Å². The minimum absolute atomic E-state index is 0.0146. The van der Waals surface area contributed by atoms with E-state index in [2.05, 4.69) is 5.32 Å². The molecule has 1 aromatic heterocycles. The van der Waals surface area contributed by atoms with Crippen molar-refractivity contribution in [1.82, 2.24) is 9.62 Å². The van der Waals surface area contributed by atoms with Gasteiger partial charge in [0, 0.05) is 18.7 Å². The highest BCUT2D eigenvalue weighted by Crippen LogP contribution is 2.32. The van der Waals surface area contributed by atoms with Gasteiger partial charge in [0.25, 0.3) is 10.0 Å². The second kappa shape index (κ2) is 7.41. The van der Waals surface area contributed by atoms with Gasteiger partial charge >= 0.3 is 0 Å². The first-order chi connectivity index (χ1) is 11.9. The van der Waals surface area contributed by atoms with Crippen LogP contribution in [0.2, 0.25) is 4.34 Å². The maximum atomic E-state index is 13.6. The molecule has 1 aliphatic heterocycles. The van der Waals surface area contributed by atoms with E-state index in [1.165, 1.54) is 22.5 Å². The van der Waals surface area contributed by atoms with E-state index in [-0.39, 0.29) is 17.3 Å². The number of sulfonamides is 1. The predicted octanol–water partition coefficient (Wildman–Crippen LogP) is 3.01. The van der Waals surface area contributed by atoms with E-state index in [1.54, 1.807) is 18.2 Å². The van der Waals surface area contributed by atoms with Gasteiger partial charge in [-0.05, 0) is 31.0 Å². The predicted molar refractivity (Wildman–Crippen MR) is 94.5 cm³/mol. The molecule has 0 bridgehead atoms. The van der Waals surface area contributed by atoms with Crippen LogP contribution in [-0.2, 0) is 21.4 Å². The van der Waals surface area contributed by atoms with Gasteiger partial charge in [0.2, 0.25) is 5.91 Å². The van der Waals surface area contributed by atoms with E-state index < -0.39 is 27.8 Å². The third-order valence-electron chi connectivity index (χ3n) is 4.03. The summed E-state index contributed by atoms with van der Waals surface area (Å²) in [4.78, 5) is 12.5. The Morgan fingerprint density at radius 3 is 2.76 bits per heavy atom. The summed E-state index contributed by atoms with van der Waals surface area (Å²) >= 11 is 6.79. The lowest BCUT2D eigenvalue weighted by molar-refractivity contribution is -0.124. The highest BCUT2D eigenvalue weighted by atomic mass is 35.5. The molecule has 0 radical (unpaired) electrons. The van der Waals surface area contributed by atoms with Crippen molar-refractivity contribution >= 4 is 38.9 Å². The van der Waals surface area contributed by atoms with E-state index in [4.69, 9.17) is 11.6 Å². The molecule has 0 aliphatic carbocycles. The Labute approximate surface area is 154 Å². The summed E-state index contributed by atoms with van der Waals surface area (Å²) in [6, 6.07) is 8.30. The molecule has 0 spiro atoms. The Hall–Kier alpha value is -1.48. The van der Waals surface area contributed by atoms with Gasteiger partial charge in [-0.25, -0.2) is 12.8 Å². The first kappa shape index (κ1) is 18.3. The number of thiophene rings is 1. The van der Waals surface area contributed by atoms with Crippen LogP contribution in [0.4, 0.5) is 4.39 Å². The molecule has 9 heteroatoms. The minimum Gasteiger partial charge on any atom is -0.351 e. The van der Waals surface area contributed by atoms with Crippen molar-refractivity contribution < 1.29 is 17.6 Å². The molecule has 2 aromatic rings. The van der Waals surface area contributed by atoms with Gasteiger partial charge in [-0.2, -0.15) is 4.31 Å². The molecule has 25 heavy (non-hydrogen) atoms. The molecule has 1 amide bonds. The van der Waals surface area contributed by atoms with Crippen molar-refractivity contribution in [3.8, 4) is 0 Å². The summed E-state index contributed by atoms with van der Waals surface area (Å²) in [7, 11) is -3.77. The fraction of sp³-hybridized carbons (Fsp3) is 0.312. The molecule has 1 atom stereocenters. The van der Waals surface area contributed by atoms with Gasteiger partial charge in [-0.15, -0.1) is 11.3 Å². The zero-order valence-electron chi connectivity index (χ0n) is 13.1. The van der Waals surface area contributed by atoms with Gasteiger partial charge in [-0.3, -0.25) is 4.79 Å². The molecule has 2 heterocycles. The third kappa shape index (κ3) is 3.87. The lowest BCUT2D eigenvalue weighted by Gasteiger charge is -2.22. The van der Waals surface area contributed by atoms with Crippen molar-refractivity contribution in [2.75, 3.05) is 6.54 Å². The summed E-state index contributed by atoms with van der Waals surface area (Å²) in [5.74, 6) is -0.834. The molecule has 1 saturated heterocycles. The van der Waals surface area contributed by atoms with Crippen molar-refractivity contribution in [3.63, 3.8) is 0 Å². The molecule has 0 saturated carbocycles. The van der Waals surface area contributed by atoms with Crippen molar-refractivity contribution in [1.29, 1.82) is 0 Å². The molecule has 5 nitrogen and oxygen atoms in total. The van der Waals surface area contributed by atoms with Crippen LogP contribution in [0.3, 0.4) is 0 Å². The normalized spacial score (nSPS) is 18.4. The summed E-state index contributed by atoms with van der Waals surface area (Å²) in [6.45, 7) is 0.288. The highest BCUT2D eigenvalue weighted by Gasteiger charge is 2.40. The zero-order valence-corrected chi connectivity index (χ0v) is 15.5. The fourth-order valence-electron chi connectivity index (χ4n) is 2.78. The second-order valence-electron chi connectivity index (χ2n) is 5.64. The second-order valence-corrected chi connectivity index (χ2v) is 9.47. The Kier molecular flexibility index (Phi) is 5.43. The lowest BCUT2D eigenvalue weighted by Crippen LogP contribution is -2.45. The minimum atomic E-state index is -3.77. The van der Waals surface area contributed by atoms with Crippen LogP contribution in [0.1, 0.15) is 18.4 Å². The van der Waals surface area contributed by atoms with Crippen LogP contribution >= 0.6 is 22.9 Å². The Balaban J connectivity index is 1.73. The highest BCUT2D eigenvalue weighted by molar-refractivity contribution is 7.91. The topological polar surface area (TPSA) is 66.5 Å². The number of benzene rings is 1. The summed E-state index contributed by atoms with van der Waals surface area (Å²) in [5, 5.41) is 2.63. The maximum Gasteiger partial charge on any atom is 0.253 e. The maximum absolute atomic E-state index is 13.6. The molecule has 1 N–H and O–H groups in total. The monoisotopic (exact) mass is 402 g/mol. The van der Waals surface area contributed by atoms with E-state index >= 15 is 0 Å². The van der Waals surface area contributed by atoms with Crippen LogP contribution in [-0.4, -0.2) is 31.2 Å². The fourth-order valence-corrected chi connectivity index (χ4v) is 6.05. The van der Waals surface area contributed by atoms with Crippen LogP contribution in [0, 0.1) is 5.82 Å². The van der Waals surface area contributed by atoms with Gasteiger partial charge in [0.05, 0.1) is 4.34 Å². The number of halogens is 2. The average Bonchev–Trinajstić information content (AvgIpc) is 3.23. The molecule has 1 fully saturated rings. The summed E-state index contributed by atoms with van der Waals surface area (Å²) in [5.41, 5.74) is 0.355. The number of carbonyl (C=O) groups is 1. The SMILES string of the molecule is O=C(NCc1ccccc1F)[C@@H]1CCCN1S(=O)(=O)c1ccc(Cl)s1. The first-order valence-electron chi connectivity index (χ1n) is 7.68. The van der Waals surface area contributed by atoms with Gasteiger partial charge in [0.15, 0.2) is 0 Å². The van der Waals surface area contributed by atoms with Gasteiger partial charge in [-0.1, -0.05) is 29.8 Å². The standard InChI is InChI=1S/C16H16ClFN2O3S2/c17-14-7-8-15(24-14)25(22,23)20-9-3-6-13(20)16(21)19-10-11-4-1-2-5-12(11)18/h1-2,4-5,7-8,13H,3,6,9-10H2,(H,19,21)/t13-/m0/s1. The van der Waals surface area contributed by atoms with Crippen molar-refractivity contribution in [2.24, 2.45) is 0 Å². The number of nitrogens with zero attached hydrogens (tertiary/aromatic N) is 1. The molecule has 3 rings (SSSR count). The number of nitrogens with one attached hydrogen (secondary N) is 1. The molecule has 134 valence electrons. The van der Waals surface area contributed by atoms with Gasteiger partial charge < -0.3 is 5.32 Å². The Morgan fingerprint density at radius 1 is 1.32 bits per heavy atom. The summed E-state index contributed by atoms with van der Waals surface area (Å²) < 4.78 is 40.8. The summed E-state index contributed by atoms with van der Waals surface area (Å²) in [6.07, 6.45) is 1.03.